The third-order valence-corrected chi connectivity index (χ3v) is 4.10. The van der Waals surface area contributed by atoms with Crippen LogP contribution in [-0.2, 0) is 0 Å². The molecule has 88 valence electrons. The summed E-state index contributed by atoms with van der Waals surface area (Å²) in [6, 6.07) is 9.08. The van der Waals surface area contributed by atoms with Crippen LogP contribution in [0.25, 0.3) is 11.1 Å². The average molecular weight is 308 g/mol. The normalized spacial score (nSPS) is 10.6. The van der Waals surface area contributed by atoms with E-state index in [1.807, 2.05) is 18.2 Å². The van der Waals surface area contributed by atoms with Crippen LogP contribution in [0.4, 0.5) is 0 Å². The summed E-state index contributed by atoms with van der Waals surface area (Å²) in [7, 11) is 0. The van der Waals surface area contributed by atoms with Gasteiger partial charge in [0.25, 0.3) is 0 Å². The third kappa shape index (κ3) is 2.21. The molecule has 0 amide bonds. The summed E-state index contributed by atoms with van der Waals surface area (Å²) in [5, 5.41) is 10.3. The highest BCUT2D eigenvalue weighted by atomic mass is 35.5. The molecule has 2 rings (SSSR count). The van der Waals surface area contributed by atoms with Crippen molar-refractivity contribution in [1.82, 2.24) is 0 Å². The molecule has 1 nitrogen and oxygen atoms in total. The van der Waals surface area contributed by atoms with Gasteiger partial charge in [0.1, 0.15) is 10.8 Å². The van der Waals surface area contributed by atoms with Gasteiger partial charge in [-0.3, -0.25) is 0 Å². The topological polar surface area (TPSA) is 20.2 Å². The molecule has 2 aromatic rings. The van der Waals surface area contributed by atoms with E-state index in [1.54, 1.807) is 12.1 Å². The Labute approximate surface area is 118 Å². The predicted molar refractivity (Wildman–Crippen MR) is 73.6 cm³/mol. The van der Waals surface area contributed by atoms with E-state index in [4.69, 9.17) is 46.4 Å². The van der Waals surface area contributed by atoms with Crippen LogP contribution in [-0.4, -0.2) is 5.11 Å². The minimum atomic E-state index is -0.169. The summed E-state index contributed by atoms with van der Waals surface area (Å²) in [5.74, 6) is -0.169. The van der Waals surface area contributed by atoms with E-state index in [1.165, 1.54) is 0 Å². The Morgan fingerprint density at radius 2 is 1.24 bits per heavy atom. The summed E-state index contributed by atoms with van der Waals surface area (Å²) in [5.41, 5.74) is 1.10. The first-order valence-electron chi connectivity index (χ1n) is 4.64. The van der Waals surface area contributed by atoms with Gasteiger partial charge in [-0.2, -0.15) is 0 Å². The molecule has 0 spiro atoms. The van der Waals surface area contributed by atoms with Gasteiger partial charge in [-0.1, -0.05) is 76.7 Å². The van der Waals surface area contributed by atoms with E-state index in [0.29, 0.717) is 5.56 Å². The van der Waals surface area contributed by atoms with Gasteiger partial charge in [-0.25, -0.2) is 0 Å². The lowest BCUT2D eigenvalue weighted by Gasteiger charge is -2.12. The van der Waals surface area contributed by atoms with Crippen LogP contribution >= 0.6 is 46.4 Å². The maximum Gasteiger partial charge on any atom is 0.145 e. The van der Waals surface area contributed by atoms with Crippen molar-refractivity contribution in [3.8, 4) is 16.9 Å². The zero-order chi connectivity index (χ0) is 12.6. The fourth-order valence-electron chi connectivity index (χ4n) is 1.49. The molecule has 0 saturated carbocycles. The largest absolute Gasteiger partial charge is 0.506 e. The maximum absolute atomic E-state index is 9.98. The number of phenols is 1. The van der Waals surface area contributed by atoms with Crippen molar-refractivity contribution in [3.63, 3.8) is 0 Å². The first-order chi connectivity index (χ1) is 8.04. The number of hydrogen-bond acceptors (Lipinski definition) is 1. The number of rotatable bonds is 1. The van der Waals surface area contributed by atoms with E-state index < -0.39 is 0 Å². The Bertz CT molecular complexity index is 537. The van der Waals surface area contributed by atoms with E-state index >= 15 is 0 Å². The van der Waals surface area contributed by atoms with Gasteiger partial charge in [0.15, 0.2) is 0 Å². The lowest BCUT2D eigenvalue weighted by molar-refractivity contribution is 0.477. The van der Waals surface area contributed by atoms with Crippen molar-refractivity contribution < 1.29 is 5.11 Å². The van der Waals surface area contributed by atoms with Crippen molar-refractivity contribution >= 4 is 46.4 Å². The average Bonchev–Trinajstić information content (AvgIpc) is 2.36. The van der Waals surface area contributed by atoms with Gasteiger partial charge in [-0.05, 0) is 5.56 Å². The number of halogens is 4. The number of hydrogen-bond donors (Lipinski definition) is 1. The van der Waals surface area contributed by atoms with Crippen LogP contribution < -0.4 is 0 Å². The lowest BCUT2D eigenvalue weighted by atomic mass is 10.0. The number of benzene rings is 2. The SMILES string of the molecule is Oc1c(Cl)c(Cl)c(Cl)c(Cl)c1-c1ccccc1. The zero-order valence-corrected chi connectivity index (χ0v) is 11.4. The van der Waals surface area contributed by atoms with Crippen LogP contribution in [0.3, 0.4) is 0 Å². The maximum atomic E-state index is 9.98. The Kier molecular flexibility index (Phi) is 3.74. The Hall–Kier alpha value is -0.600. The van der Waals surface area contributed by atoms with Crippen molar-refractivity contribution in [2.45, 2.75) is 0 Å². The van der Waals surface area contributed by atoms with Crippen molar-refractivity contribution in [1.29, 1.82) is 0 Å². The molecule has 5 heteroatoms. The molecular formula is C12H6Cl4O. The minimum absolute atomic E-state index is 0.0000743. The van der Waals surface area contributed by atoms with E-state index in [-0.39, 0.29) is 25.8 Å². The smallest absolute Gasteiger partial charge is 0.145 e. The molecule has 0 aliphatic rings. The Morgan fingerprint density at radius 3 is 1.82 bits per heavy atom. The molecule has 17 heavy (non-hydrogen) atoms. The summed E-state index contributed by atoms with van der Waals surface area (Å²) in [6.07, 6.45) is 0. The molecule has 0 radical (unpaired) electrons. The monoisotopic (exact) mass is 306 g/mol. The number of aromatic hydroxyl groups is 1. The summed E-state index contributed by atoms with van der Waals surface area (Å²) < 4.78 is 0. The van der Waals surface area contributed by atoms with Crippen LogP contribution in [0, 0.1) is 0 Å². The minimum Gasteiger partial charge on any atom is -0.506 e. The first kappa shape index (κ1) is 12.8. The summed E-state index contributed by atoms with van der Waals surface area (Å²) in [4.78, 5) is 0. The van der Waals surface area contributed by atoms with Crippen molar-refractivity contribution in [2.24, 2.45) is 0 Å². The van der Waals surface area contributed by atoms with Gasteiger partial charge in [-0.15, -0.1) is 0 Å². The first-order valence-corrected chi connectivity index (χ1v) is 6.15. The fourth-order valence-corrected chi connectivity index (χ4v) is 2.44. The van der Waals surface area contributed by atoms with Gasteiger partial charge in [0, 0.05) is 5.56 Å². The highest BCUT2D eigenvalue weighted by Crippen LogP contribution is 2.49. The van der Waals surface area contributed by atoms with Gasteiger partial charge in [0.05, 0.1) is 15.1 Å². The molecule has 0 fully saturated rings. The molecule has 0 aromatic heterocycles. The Balaban J connectivity index is 2.80. The quantitative estimate of drug-likeness (QED) is 0.531. The van der Waals surface area contributed by atoms with E-state index in [0.717, 1.165) is 5.56 Å². The Morgan fingerprint density at radius 1 is 0.706 bits per heavy atom. The van der Waals surface area contributed by atoms with Crippen LogP contribution in [0.15, 0.2) is 30.3 Å². The van der Waals surface area contributed by atoms with Crippen molar-refractivity contribution in [3.05, 3.63) is 50.4 Å². The number of phenolic OH excluding ortho intramolecular Hbond substituents is 1. The molecule has 0 heterocycles. The molecule has 0 unspecified atom stereocenters. The molecular weight excluding hydrogens is 302 g/mol. The third-order valence-electron chi connectivity index (χ3n) is 2.30. The van der Waals surface area contributed by atoms with Crippen LogP contribution in [0.2, 0.25) is 20.1 Å². The van der Waals surface area contributed by atoms with Gasteiger partial charge >= 0.3 is 0 Å². The van der Waals surface area contributed by atoms with Gasteiger partial charge in [0.2, 0.25) is 0 Å². The van der Waals surface area contributed by atoms with Gasteiger partial charge < -0.3 is 5.11 Å². The van der Waals surface area contributed by atoms with E-state index in [2.05, 4.69) is 0 Å². The molecule has 1 N–H and O–H groups in total. The second-order valence-electron chi connectivity index (χ2n) is 3.35. The van der Waals surface area contributed by atoms with E-state index in [9.17, 15) is 5.11 Å². The summed E-state index contributed by atoms with van der Waals surface area (Å²) >= 11 is 23.7. The molecule has 0 bridgehead atoms. The highest BCUT2D eigenvalue weighted by molar-refractivity contribution is 6.53. The molecule has 0 aliphatic heterocycles. The second-order valence-corrected chi connectivity index (χ2v) is 4.86. The molecule has 2 aromatic carbocycles. The fraction of sp³-hybridized carbons (Fsp3) is 0. The van der Waals surface area contributed by atoms with Crippen molar-refractivity contribution in [2.75, 3.05) is 0 Å². The van der Waals surface area contributed by atoms with Crippen LogP contribution in [0.5, 0.6) is 5.75 Å². The highest BCUT2D eigenvalue weighted by Gasteiger charge is 2.20. The van der Waals surface area contributed by atoms with Crippen LogP contribution in [0.1, 0.15) is 0 Å². The molecule has 0 saturated heterocycles. The standard InChI is InChI=1S/C12H6Cl4O/c13-8-7(6-4-2-1-3-5-6)12(17)11(16)10(15)9(8)14/h1-5,17H. The molecule has 0 atom stereocenters. The second kappa shape index (κ2) is 4.95. The zero-order valence-electron chi connectivity index (χ0n) is 8.35. The predicted octanol–water partition coefficient (Wildman–Crippen LogP) is 5.67. The summed E-state index contributed by atoms with van der Waals surface area (Å²) in [6.45, 7) is 0. The molecule has 0 aliphatic carbocycles. The lowest BCUT2D eigenvalue weighted by Crippen LogP contribution is -1.85.